The Labute approximate surface area is 112 Å². The Morgan fingerprint density at radius 1 is 1.56 bits per heavy atom. The predicted octanol–water partition coefficient (Wildman–Crippen LogP) is 1.72. The monoisotopic (exact) mass is 284 g/mol. The second kappa shape index (κ2) is 5.89. The second-order valence-electron chi connectivity index (χ2n) is 3.50. The summed E-state index contributed by atoms with van der Waals surface area (Å²) in [7, 11) is 1.60. The van der Waals surface area contributed by atoms with E-state index in [4.69, 9.17) is 5.11 Å². The van der Waals surface area contributed by atoms with Crippen LogP contribution in [0.15, 0.2) is 16.8 Å². The van der Waals surface area contributed by atoms with Gasteiger partial charge in [-0.25, -0.2) is 4.79 Å². The summed E-state index contributed by atoms with van der Waals surface area (Å²) < 4.78 is 0. The fraction of sp³-hybridized carbons (Fsp3) is 0.300. The molecule has 0 unspecified atom stereocenters. The second-order valence-corrected chi connectivity index (χ2v) is 5.26. The number of rotatable bonds is 4. The molecule has 0 aliphatic heterocycles. The van der Waals surface area contributed by atoms with E-state index in [1.54, 1.807) is 18.4 Å². The van der Waals surface area contributed by atoms with Crippen molar-refractivity contribution in [2.45, 2.75) is 0 Å². The minimum absolute atomic E-state index is 0.0693. The Kier molecular flexibility index (Phi) is 4.24. The van der Waals surface area contributed by atoms with Crippen molar-refractivity contribution in [2.75, 3.05) is 25.5 Å². The van der Waals surface area contributed by atoms with E-state index in [9.17, 15) is 4.79 Å². The molecule has 0 bridgehead atoms. The van der Waals surface area contributed by atoms with Gasteiger partial charge in [-0.3, -0.25) is 5.32 Å². The van der Waals surface area contributed by atoms with E-state index in [0.717, 1.165) is 10.6 Å². The lowest BCUT2D eigenvalue weighted by atomic mass is 10.4. The number of nitrogens with one attached hydrogen (secondary N) is 1. The lowest BCUT2D eigenvalue weighted by Crippen LogP contribution is -2.33. The number of anilines is 1. The molecule has 8 heteroatoms. The van der Waals surface area contributed by atoms with Gasteiger partial charge >= 0.3 is 6.03 Å². The van der Waals surface area contributed by atoms with Crippen molar-refractivity contribution in [1.82, 2.24) is 15.1 Å². The van der Waals surface area contributed by atoms with Crippen LogP contribution in [0.4, 0.5) is 9.93 Å². The third-order valence-corrected chi connectivity index (χ3v) is 3.76. The van der Waals surface area contributed by atoms with Gasteiger partial charge in [0.2, 0.25) is 5.13 Å². The molecule has 0 fully saturated rings. The van der Waals surface area contributed by atoms with E-state index < -0.39 is 0 Å². The molecule has 18 heavy (non-hydrogen) atoms. The Bertz CT molecular complexity index is 512. The number of hydrogen-bond acceptors (Lipinski definition) is 6. The largest absolute Gasteiger partial charge is 0.395 e. The molecule has 6 nitrogen and oxygen atoms in total. The van der Waals surface area contributed by atoms with E-state index in [2.05, 4.69) is 15.5 Å². The van der Waals surface area contributed by atoms with Crippen molar-refractivity contribution in [3.8, 4) is 10.6 Å². The molecule has 0 aliphatic carbocycles. The predicted molar refractivity (Wildman–Crippen MR) is 72.0 cm³/mol. The third kappa shape index (κ3) is 3.03. The molecule has 0 radical (unpaired) electrons. The molecule has 0 aromatic carbocycles. The van der Waals surface area contributed by atoms with Gasteiger partial charge in [-0.05, 0) is 11.4 Å². The highest BCUT2D eigenvalue weighted by Gasteiger charge is 2.12. The molecule has 2 amide bonds. The number of aromatic nitrogens is 2. The number of urea groups is 1. The van der Waals surface area contributed by atoms with Gasteiger partial charge in [-0.1, -0.05) is 11.3 Å². The normalized spacial score (nSPS) is 10.3. The Morgan fingerprint density at radius 2 is 2.39 bits per heavy atom. The zero-order chi connectivity index (χ0) is 13.0. The molecule has 0 atom stereocenters. The summed E-state index contributed by atoms with van der Waals surface area (Å²) in [6.45, 7) is 0.211. The lowest BCUT2D eigenvalue weighted by Gasteiger charge is -2.14. The maximum atomic E-state index is 11.6. The third-order valence-electron chi connectivity index (χ3n) is 2.19. The molecule has 2 rings (SSSR count). The van der Waals surface area contributed by atoms with E-state index in [1.165, 1.54) is 16.2 Å². The first-order valence-corrected chi connectivity index (χ1v) is 6.95. The molecule has 96 valence electrons. The van der Waals surface area contributed by atoms with Crippen molar-refractivity contribution < 1.29 is 9.90 Å². The summed E-state index contributed by atoms with van der Waals surface area (Å²) in [5.41, 5.74) is 1.00. The van der Waals surface area contributed by atoms with Crippen molar-refractivity contribution in [3.05, 3.63) is 16.8 Å². The summed E-state index contributed by atoms with van der Waals surface area (Å²) in [6.07, 6.45) is 0. The molecule has 0 saturated carbocycles. The average Bonchev–Trinajstić information content (AvgIpc) is 2.98. The van der Waals surface area contributed by atoms with Crippen LogP contribution in [-0.4, -0.2) is 46.4 Å². The topological polar surface area (TPSA) is 78.4 Å². The van der Waals surface area contributed by atoms with E-state index in [0.29, 0.717) is 5.13 Å². The van der Waals surface area contributed by atoms with Gasteiger partial charge in [0.15, 0.2) is 0 Å². The van der Waals surface area contributed by atoms with Crippen molar-refractivity contribution in [1.29, 1.82) is 0 Å². The number of amides is 2. The van der Waals surface area contributed by atoms with Gasteiger partial charge in [-0.2, -0.15) is 11.3 Å². The molecule has 0 aliphatic rings. The number of carbonyl (C=O) groups is 1. The van der Waals surface area contributed by atoms with Crippen LogP contribution in [0.25, 0.3) is 10.6 Å². The number of carbonyl (C=O) groups excluding carboxylic acids is 1. The summed E-state index contributed by atoms with van der Waals surface area (Å²) in [5.74, 6) is 0. The first kappa shape index (κ1) is 12.9. The highest BCUT2D eigenvalue weighted by atomic mass is 32.1. The van der Waals surface area contributed by atoms with Gasteiger partial charge in [0.25, 0.3) is 0 Å². The first-order chi connectivity index (χ1) is 8.70. The van der Waals surface area contributed by atoms with E-state index >= 15 is 0 Å². The zero-order valence-electron chi connectivity index (χ0n) is 9.66. The Morgan fingerprint density at radius 3 is 3.06 bits per heavy atom. The van der Waals surface area contributed by atoms with Crippen LogP contribution >= 0.6 is 22.7 Å². The highest BCUT2D eigenvalue weighted by Crippen LogP contribution is 2.27. The van der Waals surface area contributed by atoms with Crippen molar-refractivity contribution >= 4 is 33.8 Å². The van der Waals surface area contributed by atoms with Crippen LogP contribution in [0.3, 0.4) is 0 Å². The molecule has 0 saturated heterocycles. The maximum Gasteiger partial charge on any atom is 0.323 e. The summed E-state index contributed by atoms with van der Waals surface area (Å²) in [6, 6.07) is 1.64. The van der Waals surface area contributed by atoms with Crippen LogP contribution < -0.4 is 5.32 Å². The number of thiophene rings is 1. The minimum Gasteiger partial charge on any atom is -0.395 e. The standard InChI is InChI=1S/C10H12N4O2S2/c1-14(3-4-15)10(16)11-9-13-12-8(18-9)7-2-5-17-6-7/h2,5-6,15H,3-4H2,1H3,(H,11,13,16). The van der Waals surface area contributed by atoms with Gasteiger partial charge < -0.3 is 10.0 Å². The van der Waals surface area contributed by atoms with E-state index in [-0.39, 0.29) is 19.2 Å². The molecule has 2 N–H and O–H groups in total. The fourth-order valence-electron chi connectivity index (χ4n) is 1.22. The SMILES string of the molecule is CN(CCO)C(=O)Nc1nnc(-c2ccsc2)s1. The number of likely N-dealkylation sites (N-methyl/N-ethyl adjacent to an activating group) is 1. The first-order valence-electron chi connectivity index (χ1n) is 5.19. The molecular formula is C10H12N4O2S2. The number of nitrogens with zero attached hydrogens (tertiary/aromatic N) is 3. The lowest BCUT2D eigenvalue weighted by molar-refractivity contribution is 0.202. The molecular weight excluding hydrogens is 272 g/mol. The van der Waals surface area contributed by atoms with Crippen LogP contribution in [0.1, 0.15) is 0 Å². The smallest absolute Gasteiger partial charge is 0.323 e. The fourth-order valence-corrected chi connectivity index (χ4v) is 2.66. The highest BCUT2D eigenvalue weighted by molar-refractivity contribution is 7.19. The average molecular weight is 284 g/mol. The molecule has 2 heterocycles. The zero-order valence-corrected chi connectivity index (χ0v) is 11.3. The van der Waals surface area contributed by atoms with Gasteiger partial charge in [0.05, 0.1) is 6.61 Å². The molecule has 0 spiro atoms. The summed E-state index contributed by atoms with van der Waals surface area (Å²) >= 11 is 2.90. The Balaban J connectivity index is 2.01. The van der Waals surface area contributed by atoms with Gasteiger partial charge in [-0.15, -0.1) is 10.2 Å². The van der Waals surface area contributed by atoms with Crippen LogP contribution in [0.5, 0.6) is 0 Å². The van der Waals surface area contributed by atoms with Crippen molar-refractivity contribution in [2.24, 2.45) is 0 Å². The summed E-state index contributed by atoms with van der Waals surface area (Å²) in [5, 5.41) is 24.4. The molecule has 2 aromatic rings. The number of hydrogen-bond donors (Lipinski definition) is 2. The van der Waals surface area contributed by atoms with E-state index in [1.807, 2.05) is 16.8 Å². The summed E-state index contributed by atoms with van der Waals surface area (Å²) in [4.78, 5) is 13.0. The van der Waals surface area contributed by atoms with Crippen molar-refractivity contribution in [3.63, 3.8) is 0 Å². The van der Waals surface area contributed by atoms with Gasteiger partial charge in [0, 0.05) is 24.5 Å². The van der Waals surface area contributed by atoms with Gasteiger partial charge in [0.1, 0.15) is 5.01 Å². The van der Waals surface area contributed by atoms with Crippen LogP contribution in [0, 0.1) is 0 Å². The maximum absolute atomic E-state index is 11.6. The number of aliphatic hydroxyl groups is 1. The molecule has 2 aromatic heterocycles. The number of aliphatic hydroxyl groups excluding tert-OH is 1. The van der Waals surface area contributed by atoms with Crippen LogP contribution in [-0.2, 0) is 0 Å². The Hall–Kier alpha value is -1.51. The van der Waals surface area contributed by atoms with Crippen LogP contribution in [0.2, 0.25) is 0 Å². The quantitative estimate of drug-likeness (QED) is 0.896. The minimum atomic E-state index is -0.308.